The molecular weight excluding hydrogens is 209 g/mol. The highest BCUT2D eigenvalue weighted by atomic mass is 35.5. The number of rotatable bonds is 2. The summed E-state index contributed by atoms with van der Waals surface area (Å²) in [6.07, 6.45) is -0.686. The van der Waals surface area contributed by atoms with Crippen molar-refractivity contribution in [3.8, 4) is 0 Å². The Morgan fingerprint density at radius 2 is 2.36 bits per heavy atom. The monoisotopic (exact) mass is 217 g/mol. The molecule has 3 nitrogen and oxygen atoms in total. The van der Waals surface area contributed by atoms with Gasteiger partial charge in [-0.3, -0.25) is 5.32 Å². The summed E-state index contributed by atoms with van der Waals surface area (Å²) < 4.78 is 17.7. The van der Waals surface area contributed by atoms with Crippen LogP contribution in [0.25, 0.3) is 0 Å². The summed E-state index contributed by atoms with van der Waals surface area (Å²) in [7, 11) is 0. The highest BCUT2D eigenvalue weighted by Gasteiger charge is 2.06. The Bertz CT molecular complexity index is 344. The van der Waals surface area contributed by atoms with Crippen molar-refractivity contribution < 1.29 is 13.9 Å². The summed E-state index contributed by atoms with van der Waals surface area (Å²) in [4.78, 5) is 10.9. The fourth-order valence-electron chi connectivity index (χ4n) is 0.868. The Morgan fingerprint density at radius 1 is 1.64 bits per heavy atom. The van der Waals surface area contributed by atoms with E-state index in [0.717, 1.165) is 6.07 Å². The van der Waals surface area contributed by atoms with Crippen LogP contribution in [0.4, 0.5) is 14.9 Å². The second-order valence-electron chi connectivity index (χ2n) is 2.47. The molecule has 1 N–H and O–H groups in total. The van der Waals surface area contributed by atoms with E-state index in [-0.39, 0.29) is 17.3 Å². The molecule has 0 saturated carbocycles. The molecule has 0 fully saturated rings. The van der Waals surface area contributed by atoms with Gasteiger partial charge in [-0.15, -0.1) is 0 Å². The van der Waals surface area contributed by atoms with Gasteiger partial charge in [0.05, 0.1) is 12.3 Å². The lowest BCUT2D eigenvalue weighted by atomic mass is 10.3. The summed E-state index contributed by atoms with van der Waals surface area (Å²) in [5.41, 5.74) is 0.0489. The summed E-state index contributed by atoms with van der Waals surface area (Å²) in [5.74, 6) is -0.592. The average molecular weight is 218 g/mol. The van der Waals surface area contributed by atoms with Gasteiger partial charge in [0.1, 0.15) is 5.82 Å². The molecule has 0 aliphatic heterocycles. The minimum atomic E-state index is -0.686. The molecule has 76 valence electrons. The van der Waals surface area contributed by atoms with E-state index in [0.29, 0.717) is 0 Å². The lowest BCUT2D eigenvalue weighted by molar-refractivity contribution is 0.168. The predicted octanol–water partition coefficient (Wildman–Crippen LogP) is 3.05. The van der Waals surface area contributed by atoms with E-state index in [1.54, 1.807) is 6.92 Å². The van der Waals surface area contributed by atoms with E-state index in [1.807, 2.05) is 0 Å². The summed E-state index contributed by atoms with van der Waals surface area (Å²) in [6, 6.07) is 3.96. The van der Waals surface area contributed by atoms with Gasteiger partial charge >= 0.3 is 6.09 Å². The van der Waals surface area contributed by atoms with Gasteiger partial charge in [-0.25, -0.2) is 9.18 Å². The standard InChI is InChI=1S/C9H9ClFNO2/c1-2-14-9(13)12-8-4-3-6(10)5-7(8)11/h3-5H,2H2,1H3,(H,12,13). The Labute approximate surface area is 85.8 Å². The molecule has 0 saturated heterocycles. The fraction of sp³-hybridized carbons (Fsp3) is 0.222. The van der Waals surface area contributed by atoms with Crippen LogP contribution in [-0.2, 0) is 4.74 Å². The van der Waals surface area contributed by atoms with E-state index in [4.69, 9.17) is 11.6 Å². The van der Waals surface area contributed by atoms with Gasteiger partial charge < -0.3 is 4.74 Å². The number of hydrogen-bond acceptors (Lipinski definition) is 2. The second kappa shape index (κ2) is 4.81. The first-order chi connectivity index (χ1) is 6.63. The SMILES string of the molecule is CCOC(=O)Nc1ccc(Cl)cc1F. The Morgan fingerprint density at radius 3 is 2.93 bits per heavy atom. The Balaban J connectivity index is 2.72. The van der Waals surface area contributed by atoms with Gasteiger partial charge in [0.15, 0.2) is 0 Å². The molecule has 0 radical (unpaired) electrons. The van der Waals surface area contributed by atoms with Gasteiger partial charge in [-0.1, -0.05) is 11.6 Å². The Kier molecular flexibility index (Phi) is 3.71. The van der Waals surface area contributed by atoms with Gasteiger partial charge in [-0.2, -0.15) is 0 Å². The van der Waals surface area contributed by atoms with E-state index < -0.39 is 11.9 Å². The van der Waals surface area contributed by atoms with Crippen molar-refractivity contribution in [2.75, 3.05) is 11.9 Å². The van der Waals surface area contributed by atoms with Crippen molar-refractivity contribution >= 4 is 23.4 Å². The lowest BCUT2D eigenvalue weighted by Crippen LogP contribution is -2.14. The van der Waals surface area contributed by atoms with E-state index in [2.05, 4.69) is 10.1 Å². The van der Waals surface area contributed by atoms with Gasteiger partial charge in [0.2, 0.25) is 0 Å². The second-order valence-corrected chi connectivity index (χ2v) is 2.91. The number of ether oxygens (including phenoxy) is 1. The van der Waals surface area contributed by atoms with Crippen molar-refractivity contribution in [3.63, 3.8) is 0 Å². The largest absolute Gasteiger partial charge is 0.450 e. The molecule has 1 aromatic carbocycles. The average Bonchev–Trinajstić information content (AvgIpc) is 2.10. The van der Waals surface area contributed by atoms with Crippen LogP contribution in [0.1, 0.15) is 6.92 Å². The van der Waals surface area contributed by atoms with E-state index in [9.17, 15) is 9.18 Å². The van der Waals surface area contributed by atoms with Crippen LogP contribution in [-0.4, -0.2) is 12.7 Å². The Hall–Kier alpha value is -1.29. The highest BCUT2D eigenvalue weighted by molar-refractivity contribution is 6.30. The molecular formula is C9H9ClFNO2. The number of benzene rings is 1. The molecule has 0 heterocycles. The van der Waals surface area contributed by atoms with Gasteiger partial charge in [0, 0.05) is 5.02 Å². The molecule has 0 aliphatic carbocycles. The summed E-state index contributed by atoms with van der Waals surface area (Å²) >= 11 is 5.53. The van der Waals surface area contributed by atoms with Crippen LogP contribution in [0.5, 0.6) is 0 Å². The first kappa shape index (κ1) is 10.8. The molecule has 0 aliphatic rings. The van der Waals surface area contributed by atoms with Crippen molar-refractivity contribution in [3.05, 3.63) is 29.0 Å². The minimum Gasteiger partial charge on any atom is -0.450 e. The number of carbonyl (C=O) groups excluding carboxylic acids is 1. The fourth-order valence-corrected chi connectivity index (χ4v) is 1.03. The zero-order valence-corrected chi connectivity index (χ0v) is 8.27. The smallest absolute Gasteiger partial charge is 0.411 e. The summed E-state index contributed by atoms with van der Waals surface area (Å²) in [5, 5.41) is 2.52. The van der Waals surface area contributed by atoms with Crippen molar-refractivity contribution in [2.45, 2.75) is 6.92 Å². The number of nitrogens with one attached hydrogen (secondary N) is 1. The van der Waals surface area contributed by atoms with Crippen LogP contribution in [0.2, 0.25) is 5.02 Å². The van der Waals surface area contributed by atoms with Crippen molar-refractivity contribution in [2.24, 2.45) is 0 Å². The van der Waals surface area contributed by atoms with Crippen molar-refractivity contribution in [1.29, 1.82) is 0 Å². The van der Waals surface area contributed by atoms with Crippen LogP contribution < -0.4 is 5.32 Å². The highest BCUT2D eigenvalue weighted by Crippen LogP contribution is 2.18. The normalized spacial score (nSPS) is 9.64. The molecule has 0 atom stereocenters. The topological polar surface area (TPSA) is 38.3 Å². The summed E-state index contributed by atoms with van der Waals surface area (Å²) in [6.45, 7) is 1.90. The minimum absolute atomic E-state index is 0.0489. The quantitative estimate of drug-likeness (QED) is 0.827. The molecule has 0 unspecified atom stereocenters. The zero-order valence-electron chi connectivity index (χ0n) is 7.51. The first-order valence-corrected chi connectivity index (χ1v) is 4.40. The number of halogens is 2. The lowest BCUT2D eigenvalue weighted by Gasteiger charge is -2.05. The third-order valence-corrected chi connectivity index (χ3v) is 1.68. The van der Waals surface area contributed by atoms with Gasteiger partial charge in [0.25, 0.3) is 0 Å². The van der Waals surface area contributed by atoms with Crippen molar-refractivity contribution in [1.82, 2.24) is 0 Å². The number of carbonyl (C=O) groups is 1. The predicted molar refractivity (Wildman–Crippen MR) is 52.1 cm³/mol. The maximum atomic E-state index is 13.1. The molecule has 1 rings (SSSR count). The van der Waals surface area contributed by atoms with E-state index in [1.165, 1.54) is 12.1 Å². The molecule has 0 aromatic heterocycles. The molecule has 1 aromatic rings. The number of hydrogen-bond donors (Lipinski definition) is 1. The molecule has 0 spiro atoms. The maximum Gasteiger partial charge on any atom is 0.411 e. The number of amides is 1. The number of anilines is 1. The van der Waals surface area contributed by atoms with Crippen LogP contribution in [0, 0.1) is 5.82 Å². The molecule has 0 bridgehead atoms. The van der Waals surface area contributed by atoms with Crippen LogP contribution >= 0.6 is 11.6 Å². The van der Waals surface area contributed by atoms with Crippen LogP contribution in [0.3, 0.4) is 0 Å². The zero-order chi connectivity index (χ0) is 10.6. The molecule has 14 heavy (non-hydrogen) atoms. The van der Waals surface area contributed by atoms with Gasteiger partial charge in [-0.05, 0) is 25.1 Å². The van der Waals surface area contributed by atoms with E-state index >= 15 is 0 Å². The van der Waals surface area contributed by atoms with Crippen LogP contribution in [0.15, 0.2) is 18.2 Å². The first-order valence-electron chi connectivity index (χ1n) is 4.02. The molecule has 1 amide bonds. The maximum absolute atomic E-state index is 13.1. The third kappa shape index (κ3) is 2.88. The third-order valence-electron chi connectivity index (χ3n) is 1.44. The molecule has 5 heteroatoms.